The van der Waals surface area contributed by atoms with Gasteiger partial charge in [-0.25, -0.2) is 13.6 Å². The number of rotatable bonds is 4. The van der Waals surface area contributed by atoms with Gasteiger partial charge in [-0.1, -0.05) is 6.07 Å². The summed E-state index contributed by atoms with van der Waals surface area (Å²) in [6.07, 6.45) is -1.18. The molecule has 0 fully saturated rings. The van der Waals surface area contributed by atoms with Crippen molar-refractivity contribution in [1.29, 1.82) is 0 Å². The minimum Gasteiger partial charge on any atom is -0.449 e. The van der Waals surface area contributed by atoms with Crippen LogP contribution >= 0.6 is 11.3 Å². The summed E-state index contributed by atoms with van der Waals surface area (Å²) in [6, 6.07) is 4.76. The van der Waals surface area contributed by atoms with E-state index in [9.17, 15) is 18.4 Å². The SMILES string of the molecule is C[C@H](OC(=O)c1ccsc1)C(=O)Nc1c(F)cccc1F. The van der Waals surface area contributed by atoms with Crippen molar-refractivity contribution in [1.82, 2.24) is 0 Å². The van der Waals surface area contributed by atoms with E-state index in [4.69, 9.17) is 4.74 Å². The van der Waals surface area contributed by atoms with Crippen LogP contribution in [-0.2, 0) is 9.53 Å². The molecule has 0 bridgehead atoms. The van der Waals surface area contributed by atoms with Crippen molar-refractivity contribution in [2.24, 2.45) is 0 Å². The first-order chi connectivity index (χ1) is 9.99. The summed E-state index contributed by atoms with van der Waals surface area (Å²) < 4.78 is 31.7. The van der Waals surface area contributed by atoms with Crippen LogP contribution in [0.1, 0.15) is 17.3 Å². The van der Waals surface area contributed by atoms with E-state index in [1.807, 2.05) is 0 Å². The molecule has 2 rings (SSSR count). The fourth-order valence-electron chi connectivity index (χ4n) is 1.50. The molecule has 1 aromatic carbocycles. The zero-order chi connectivity index (χ0) is 15.4. The summed E-state index contributed by atoms with van der Waals surface area (Å²) >= 11 is 1.31. The van der Waals surface area contributed by atoms with Crippen molar-refractivity contribution < 1.29 is 23.1 Å². The Labute approximate surface area is 123 Å². The second-order valence-corrected chi connectivity index (χ2v) is 4.93. The Morgan fingerprint density at radius 3 is 2.48 bits per heavy atom. The van der Waals surface area contributed by atoms with E-state index >= 15 is 0 Å². The number of hydrogen-bond acceptors (Lipinski definition) is 4. The van der Waals surface area contributed by atoms with Gasteiger partial charge in [0.2, 0.25) is 0 Å². The van der Waals surface area contributed by atoms with Gasteiger partial charge in [-0.15, -0.1) is 0 Å². The average Bonchev–Trinajstić information content (AvgIpc) is 2.97. The normalized spacial score (nSPS) is 11.8. The third-order valence-electron chi connectivity index (χ3n) is 2.62. The minimum absolute atomic E-state index is 0.316. The molecule has 2 aromatic rings. The van der Waals surface area contributed by atoms with Gasteiger partial charge in [-0.3, -0.25) is 4.79 Å². The molecule has 0 aliphatic heterocycles. The molecule has 0 unspecified atom stereocenters. The number of benzene rings is 1. The molecule has 110 valence electrons. The molecule has 1 N–H and O–H groups in total. The number of ether oxygens (including phenoxy) is 1. The lowest BCUT2D eigenvalue weighted by atomic mass is 10.2. The zero-order valence-electron chi connectivity index (χ0n) is 10.9. The van der Waals surface area contributed by atoms with E-state index in [0.717, 1.165) is 12.1 Å². The lowest BCUT2D eigenvalue weighted by Crippen LogP contribution is -2.30. The highest BCUT2D eigenvalue weighted by molar-refractivity contribution is 7.08. The molecule has 21 heavy (non-hydrogen) atoms. The smallest absolute Gasteiger partial charge is 0.339 e. The van der Waals surface area contributed by atoms with Crippen molar-refractivity contribution in [2.45, 2.75) is 13.0 Å². The Morgan fingerprint density at radius 2 is 1.90 bits per heavy atom. The molecule has 1 aromatic heterocycles. The van der Waals surface area contributed by atoms with Crippen molar-refractivity contribution in [3.8, 4) is 0 Å². The fraction of sp³-hybridized carbons (Fsp3) is 0.143. The van der Waals surface area contributed by atoms with Crippen molar-refractivity contribution in [3.63, 3.8) is 0 Å². The number of amides is 1. The first-order valence-electron chi connectivity index (χ1n) is 5.97. The van der Waals surface area contributed by atoms with Gasteiger partial charge < -0.3 is 10.1 Å². The Hall–Kier alpha value is -2.28. The van der Waals surface area contributed by atoms with Crippen LogP contribution in [0.5, 0.6) is 0 Å². The molecule has 0 aliphatic carbocycles. The molecule has 1 heterocycles. The van der Waals surface area contributed by atoms with E-state index in [-0.39, 0.29) is 0 Å². The highest BCUT2D eigenvalue weighted by Gasteiger charge is 2.21. The topological polar surface area (TPSA) is 55.4 Å². The Kier molecular flexibility index (Phi) is 4.64. The Balaban J connectivity index is 2.01. The molecule has 7 heteroatoms. The molecule has 1 atom stereocenters. The van der Waals surface area contributed by atoms with Gasteiger partial charge >= 0.3 is 5.97 Å². The summed E-state index contributed by atoms with van der Waals surface area (Å²) in [5.74, 6) is -3.30. The Bertz CT molecular complexity index is 638. The van der Waals surface area contributed by atoms with Crippen molar-refractivity contribution >= 4 is 28.9 Å². The largest absolute Gasteiger partial charge is 0.449 e. The van der Waals surface area contributed by atoms with Crippen LogP contribution in [-0.4, -0.2) is 18.0 Å². The van der Waals surface area contributed by atoms with Gasteiger partial charge in [0.15, 0.2) is 6.10 Å². The third kappa shape index (κ3) is 3.63. The number of hydrogen-bond donors (Lipinski definition) is 1. The Morgan fingerprint density at radius 1 is 1.24 bits per heavy atom. The van der Waals surface area contributed by atoms with Crippen molar-refractivity contribution in [2.75, 3.05) is 5.32 Å². The summed E-state index contributed by atoms with van der Waals surface area (Å²) in [5, 5.41) is 5.33. The summed E-state index contributed by atoms with van der Waals surface area (Å²) in [5.41, 5.74) is -0.252. The highest BCUT2D eigenvalue weighted by Crippen LogP contribution is 2.18. The third-order valence-corrected chi connectivity index (χ3v) is 3.30. The number of carbonyl (C=O) groups excluding carboxylic acids is 2. The molecule has 0 radical (unpaired) electrons. The van der Waals surface area contributed by atoms with Gasteiger partial charge in [0.05, 0.1) is 5.56 Å². The lowest BCUT2D eigenvalue weighted by Gasteiger charge is -2.13. The van der Waals surface area contributed by atoms with Crippen LogP contribution < -0.4 is 5.32 Å². The molecular weight excluding hydrogens is 300 g/mol. The van der Waals surface area contributed by atoms with Gasteiger partial charge in [0.1, 0.15) is 17.3 Å². The lowest BCUT2D eigenvalue weighted by molar-refractivity contribution is -0.123. The van der Waals surface area contributed by atoms with Crippen LogP contribution in [0.15, 0.2) is 35.0 Å². The first kappa shape index (κ1) is 15.1. The summed E-state index contributed by atoms with van der Waals surface area (Å²) in [7, 11) is 0. The molecule has 0 spiro atoms. The quantitative estimate of drug-likeness (QED) is 0.882. The molecule has 0 aliphatic rings. The van der Waals surface area contributed by atoms with Crippen LogP contribution in [0, 0.1) is 11.6 Å². The van der Waals surface area contributed by atoms with E-state index in [2.05, 4.69) is 5.32 Å². The maximum Gasteiger partial charge on any atom is 0.339 e. The maximum absolute atomic E-state index is 13.4. The number of thiophene rings is 1. The summed E-state index contributed by atoms with van der Waals surface area (Å²) in [4.78, 5) is 23.5. The van der Waals surface area contributed by atoms with E-state index in [1.165, 1.54) is 24.3 Å². The number of anilines is 1. The first-order valence-corrected chi connectivity index (χ1v) is 6.91. The van der Waals surface area contributed by atoms with Crippen LogP contribution in [0.4, 0.5) is 14.5 Å². The fourth-order valence-corrected chi connectivity index (χ4v) is 2.13. The van der Waals surface area contributed by atoms with Crippen LogP contribution in [0.2, 0.25) is 0 Å². The van der Waals surface area contributed by atoms with Gasteiger partial charge in [-0.2, -0.15) is 11.3 Å². The van der Waals surface area contributed by atoms with Gasteiger partial charge in [0.25, 0.3) is 5.91 Å². The van der Waals surface area contributed by atoms with Crippen LogP contribution in [0.3, 0.4) is 0 Å². The second kappa shape index (κ2) is 6.45. The van der Waals surface area contributed by atoms with E-state index in [1.54, 1.807) is 16.8 Å². The van der Waals surface area contributed by atoms with Crippen molar-refractivity contribution in [3.05, 3.63) is 52.2 Å². The zero-order valence-corrected chi connectivity index (χ0v) is 11.7. The number of para-hydroxylation sites is 1. The highest BCUT2D eigenvalue weighted by atomic mass is 32.1. The standard InChI is InChI=1S/C14H11F2NO3S/c1-8(20-14(19)9-5-6-21-7-9)13(18)17-12-10(15)3-2-4-11(12)16/h2-8H,1H3,(H,17,18)/t8-/m0/s1. The number of esters is 1. The summed E-state index contributed by atoms with van der Waals surface area (Å²) in [6.45, 7) is 1.32. The van der Waals surface area contributed by atoms with Gasteiger partial charge in [0, 0.05) is 5.38 Å². The minimum atomic E-state index is -1.18. The predicted molar refractivity (Wildman–Crippen MR) is 74.2 cm³/mol. The molecule has 1 amide bonds. The number of nitrogens with one attached hydrogen (secondary N) is 1. The maximum atomic E-state index is 13.4. The average molecular weight is 311 g/mol. The molecular formula is C14H11F2NO3S. The monoisotopic (exact) mass is 311 g/mol. The molecule has 4 nitrogen and oxygen atoms in total. The molecule has 0 saturated carbocycles. The second-order valence-electron chi connectivity index (χ2n) is 4.15. The number of carbonyl (C=O) groups is 2. The van der Waals surface area contributed by atoms with E-state index in [0.29, 0.717) is 5.56 Å². The predicted octanol–water partition coefficient (Wildman–Crippen LogP) is 3.21. The van der Waals surface area contributed by atoms with Crippen LogP contribution in [0.25, 0.3) is 0 Å². The van der Waals surface area contributed by atoms with E-state index < -0.39 is 35.3 Å². The molecule has 0 saturated heterocycles. The number of halogens is 2. The van der Waals surface area contributed by atoms with Gasteiger partial charge in [-0.05, 0) is 30.5 Å².